The number of rotatable bonds is 7. The zero-order valence-electron chi connectivity index (χ0n) is 15.0. The van der Waals surface area contributed by atoms with E-state index in [1.165, 1.54) is 7.11 Å². The molecule has 0 aromatic heterocycles. The lowest BCUT2D eigenvalue weighted by atomic mass is 10.1. The molecule has 1 fully saturated rings. The highest BCUT2D eigenvalue weighted by Crippen LogP contribution is 2.27. The fourth-order valence-corrected chi connectivity index (χ4v) is 3.46. The van der Waals surface area contributed by atoms with Gasteiger partial charge in [-0.1, -0.05) is 31.3 Å². The van der Waals surface area contributed by atoms with E-state index in [-0.39, 0.29) is 0 Å². The molecule has 0 spiro atoms. The lowest BCUT2D eigenvalue weighted by molar-refractivity contribution is 0.214. The summed E-state index contributed by atoms with van der Waals surface area (Å²) >= 11 is 0. The van der Waals surface area contributed by atoms with Crippen LogP contribution in [0.5, 0.6) is 0 Å². The molecule has 1 aliphatic rings. The topological polar surface area (TPSA) is 45.1 Å². The fourth-order valence-electron chi connectivity index (χ4n) is 2.56. The van der Waals surface area contributed by atoms with E-state index in [1.807, 2.05) is 13.0 Å². The second-order valence-electron chi connectivity index (χ2n) is 5.99. The van der Waals surface area contributed by atoms with Gasteiger partial charge in [0, 0.05) is 24.4 Å². The number of allylic oxidation sites excluding steroid dienone is 3. The first-order chi connectivity index (χ1) is 10.7. The zero-order chi connectivity index (χ0) is 17.8. The van der Waals surface area contributed by atoms with E-state index >= 15 is 0 Å². The van der Waals surface area contributed by atoms with Crippen LogP contribution in [0.2, 0.25) is 0 Å². The van der Waals surface area contributed by atoms with Crippen molar-refractivity contribution >= 4 is 21.3 Å². The van der Waals surface area contributed by atoms with Gasteiger partial charge in [0.05, 0.1) is 14.6 Å². The Morgan fingerprint density at radius 2 is 2.04 bits per heavy atom. The molecule has 0 radical (unpaired) electrons. The minimum absolute atomic E-state index is 0.320. The summed E-state index contributed by atoms with van der Waals surface area (Å²) < 4.78 is 14.3. The largest absolute Gasteiger partial charge is 0.399 e. The Hall–Kier alpha value is -1.53. The van der Waals surface area contributed by atoms with Crippen LogP contribution < -0.4 is 0 Å². The highest BCUT2D eigenvalue weighted by Gasteiger charge is 2.27. The van der Waals surface area contributed by atoms with E-state index in [2.05, 4.69) is 36.0 Å². The summed E-state index contributed by atoms with van der Waals surface area (Å²) in [5.41, 5.74) is 2.03. The average molecular weight is 340 g/mol. The smallest absolute Gasteiger partial charge is 0.127 e. The Morgan fingerprint density at radius 1 is 1.43 bits per heavy atom. The summed E-state index contributed by atoms with van der Waals surface area (Å²) in [6.45, 7) is 14.2. The van der Waals surface area contributed by atoms with Gasteiger partial charge in [-0.25, -0.2) is 8.51 Å². The SMILES string of the molecule is C=C(/C(=C\C)N1CCC(C)C1)/C(=N\OC)C(=C)S(=C)(=O)N(C)C. The minimum atomic E-state index is -2.70. The minimum Gasteiger partial charge on any atom is -0.399 e. The third kappa shape index (κ3) is 4.26. The van der Waals surface area contributed by atoms with Gasteiger partial charge in [-0.3, -0.25) is 0 Å². The molecule has 0 aromatic rings. The van der Waals surface area contributed by atoms with Gasteiger partial charge in [0.2, 0.25) is 0 Å². The average Bonchev–Trinajstić information content (AvgIpc) is 2.90. The molecule has 1 heterocycles. The second-order valence-corrected chi connectivity index (χ2v) is 8.49. The van der Waals surface area contributed by atoms with E-state index in [4.69, 9.17) is 4.84 Å². The lowest BCUT2D eigenvalue weighted by Gasteiger charge is -2.26. The normalized spacial score (nSPS) is 22.2. The molecular weight excluding hydrogens is 310 g/mol. The number of hydrogen-bond acceptors (Lipinski definition) is 4. The Morgan fingerprint density at radius 3 is 2.43 bits per heavy atom. The van der Waals surface area contributed by atoms with E-state index in [0.717, 1.165) is 25.2 Å². The molecule has 130 valence electrons. The first-order valence-electron chi connectivity index (χ1n) is 7.62. The molecule has 2 unspecified atom stereocenters. The van der Waals surface area contributed by atoms with Crippen LogP contribution in [0.3, 0.4) is 0 Å². The Bertz CT molecular complexity index is 630. The Labute approximate surface area is 141 Å². The first-order valence-corrected chi connectivity index (χ1v) is 9.31. The quantitative estimate of drug-likeness (QED) is 0.310. The van der Waals surface area contributed by atoms with E-state index in [0.29, 0.717) is 22.1 Å². The van der Waals surface area contributed by atoms with Crippen molar-refractivity contribution in [1.29, 1.82) is 0 Å². The van der Waals surface area contributed by atoms with Crippen LogP contribution in [-0.4, -0.2) is 59.3 Å². The molecule has 1 saturated heterocycles. The van der Waals surface area contributed by atoms with Crippen LogP contribution >= 0.6 is 0 Å². The third-order valence-corrected chi connectivity index (χ3v) is 6.20. The number of likely N-dealkylation sites (tertiary alicyclic amines) is 1. The maximum absolute atomic E-state index is 12.8. The summed E-state index contributed by atoms with van der Waals surface area (Å²) in [7, 11) is 2.16. The van der Waals surface area contributed by atoms with Gasteiger partial charge in [-0.15, -0.1) is 0 Å². The van der Waals surface area contributed by atoms with Crippen molar-refractivity contribution in [2.24, 2.45) is 11.1 Å². The zero-order valence-corrected chi connectivity index (χ0v) is 15.8. The van der Waals surface area contributed by atoms with Crippen LogP contribution in [0.25, 0.3) is 0 Å². The summed E-state index contributed by atoms with van der Waals surface area (Å²) in [4.78, 5) is 7.54. The van der Waals surface area contributed by atoms with Crippen molar-refractivity contribution in [2.75, 3.05) is 34.3 Å². The number of nitrogens with zero attached hydrogens (tertiary/aromatic N) is 3. The monoisotopic (exact) mass is 339 g/mol. The van der Waals surface area contributed by atoms with Gasteiger partial charge in [0.1, 0.15) is 12.8 Å². The standard InChI is InChI=1S/C17H29N3O2S/c1-9-16(20-11-10-13(2)12-20)14(3)17(18-22-7)15(4)23(8,21)19(5)6/h9,13H,3-4,8,10-12H2,1-2,5-7H3/b16-9+,18-17+. The van der Waals surface area contributed by atoms with Crippen LogP contribution in [0.1, 0.15) is 20.3 Å². The summed E-state index contributed by atoms with van der Waals surface area (Å²) in [5.74, 6) is 4.43. The van der Waals surface area contributed by atoms with Crippen molar-refractivity contribution in [1.82, 2.24) is 9.21 Å². The first kappa shape index (κ1) is 19.5. The van der Waals surface area contributed by atoms with Crippen molar-refractivity contribution < 1.29 is 9.05 Å². The molecule has 0 N–H and O–H groups in total. The van der Waals surface area contributed by atoms with Crippen molar-refractivity contribution in [3.8, 4) is 0 Å². The van der Waals surface area contributed by atoms with Crippen LogP contribution in [-0.2, 0) is 14.5 Å². The van der Waals surface area contributed by atoms with E-state index in [9.17, 15) is 4.21 Å². The second kappa shape index (κ2) is 7.84. The van der Waals surface area contributed by atoms with E-state index < -0.39 is 9.71 Å². The molecule has 1 aliphatic heterocycles. The van der Waals surface area contributed by atoms with Gasteiger partial charge in [0.25, 0.3) is 0 Å². The summed E-state index contributed by atoms with van der Waals surface area (Å²) in [6.07, 6.45) is 3.14. The van der Waals surface area contributed by atoms with Crippen molar-refractivity contribution in [2.45, 2.75) is 20.3 Å². The highest BCUT2D eigenvalue weighted by molar-refractivity contribution is 8.02. The molecule has 6 heteroatoms. The summed E-state index contributed by atoms with van der Waals surface area (Å²) in [5, 5.41) is 4.04. The Balaban J connectivity index is 3.18. The molecular formula is C17H29N3O2S. The van der Waals surface area contributed by atoms with Crippen molar-refractivity contribution in [3.63, 3.8) is 0 Å². The molecule has 23 heavy (non-hydrogen) atoms. The fraction of sp³-hybridized carbons (Fsp3) is 0.529. The van der Waals surface area contributed by atoms with Crippen LogP contribution in [0, 0.1) is 5.92 Å². The third-order valence-electron chi connectivity index (χ3n) is 4.05. The number of hydrogen-bond donors (Lipinski definition) is 0. The summed E-state index contributed by atoms with van der Waals surface area (Å²) in [6, 6.07) is 0. The lowest BCUT2D eigenvalue weighted by Crippen LogP contribution is -2.30. The molecule has 0 amide bonds. The van der Waals surface area contributed by atoms with Crippen molar-refractivity contribution in [3.05, 3.63) is 35.4 Å². The molecule has 2 atom stereocenters. The van der Waals surface area contributed by atoms with Crippen LogP contribution in [0.4, 0.5) is 0 Å². The predicted molar refractivity (Wildman–Crippen MR) is 101 cm³/mol. The highest BCUT2D eigenvalue weighted by atomic mass is 32.2. The maximum Gasteiger partial charge on any atom is 0.127 e. The molecule has 0 aliphatic carbocycles. The van der Waals surface area contributed by atoms with Crippen LogP contribution in [0.15, 0.2) is 40.6 Å². The van der Waals surface area contributed by atoms with Gasteiger partial charge >= 0.3 is 0 Å². The molecule has 0 bridgehead atoms. The molecule has 5 nitrogen and oxygen atoms in total. The van der Waals surface area contributed by atoms with Gasteiger partial charge in [-0.2, -0.15) is 0 Å². The molecule has 1 rings (SSSR count). The van der Waals surface area contributed by atoms with Gasteiger partial charge in [-0.05, 0) is 39.2 Å². The molecule has 0 aromatic carbocycles. The molecule has 0 saturated carbocycles. The van der Waals surface area contributed by atoms with Gasteiger partial charge < -0.3 is 9.74 Å². The number of oxime groups is 1. The van der Waals surface area contributed by atoms with E-state index in [1.54, 1.807) is 18.4 Å². The Kier molecular flexibility index (Phi) is 6.65. The predicted octanol–water partition coefficient (Wildman–Crippen LogP) is 2.50. The van der Waals surface area contributed by atoms with Gasteiger partial charge in [0.15, 0.2) is 0 Å². The maximum atomic E-state index is 12.8.